The number of benzene rings is 1. The number of hydrogen-bond acceptors (Lipinski definition) is 8. The standard InChI is InChI=1S/C22H21N3O5S/c1-11-6-7-18(31-11)15-10-14(19-12(2)25-30-22(19)24-15)21(26)23-13-8-16(27-3)20(29-5)17(9-13)28-4/h6-10H,1-5H3,(H,23,26). The molecule has 0 bridgehead atoms. The van der Waals surface area contributed by atoms with E-state index in [1.807, 2.05) is 19.1 Å². The second kappa shape index (κ2) is 8.27. The second-order valence-corrected chi connectivity index (χ2v) is 8.07. The molecule has 0 unspecified atom stereocenters. The number of amides is 1. The van der Waals surface area contributed by atoms with Crippen LogP contribution in [0, 0.1) is 13.8 Å². The molecule has 1 amide bonds. The van der Waals surface area contributed by atoms with Crippen molar-refractivity contribution >= 4 is 34.0 Å². The van der Waals surface area contributed by atoms with Gasteiger partial charge in [0.15, 0.2) is 11.5 Å². The number of ether oxygens (including phenoxy) is 3. The van der Waals surface area contributed by atoms with E-state index in [1.54, 1.807) is 36.5 Å². The summed E-state index contributed by atoms with van der Waals surface area (Å²) in [5.74, 6) is 0.989. The summed E-state index contributed by atoms with van der Waals surface area (Å²) in [5.41, 5.74) is 2.46. The van der Waals surface area contributed by atoms with Gasteiger partial charge in [0, 0.05) is 22.7 Å². The molecule has 3 aromatic heterocycles. The van der Waals surface area contributed by atoms with Crippen LogP contribution in [0.15, 0.2) is 34.9 Å². The van der Waals surface area contributed by atoms with Gasteiger partial charge in [0.1, 0.15) is 0 Å². The normalized spacial score (nSPS) is 10.9. The molecule has 0 saturated carbocycles. The van der Waals surface area contributed by atoms with Gasteiger partial charge in [0.25, 0.3) is 11.6 Å². The van der Waals surface area contributed by atoms with Crippen molar-refractivity contribution in [1.29, 1.82) is 0 Å². The zero-order valence-electron chi connectivity index (χ0n) is 17.7. The van der Waals surface area contributed by atoms with E-state index in [4.69, 9.17) is 18.7 Å². The number of aryl methyl sites for hydroxylation is 2. The second-order valence-electron chi connectivity index (χ2n) is 6.78. The van der Waals surface area contributed by atoms with Crippen LogP contribution in [-0.2, 0) is 0 Å². The first-order valence-corrected chi connectivity index (χ1v) is 10.2. The fraction of sp³-hybridized carbons (Fsp3) is 0.227. The molecule has 0 aliphatic rings. The molecule has 1 aromatic carbocycles. The maximum Gasteiger partial charge on any atom is 0.259 e. The first-order chi connectivity index (χ1) is 14.9. The topological polar surface area (TPSA) is 95.7 Å². The lowest BCUT2D eigenvalue weighted by Gasteiger charge is -2.15. The number of nitrogens with zero attached hydrogens (tertiary/aromatic N) is 2. The summed E-state index contributed by atoms with van der Waals surface area (Å²) >= 11 is 1.59. The molecule has 4 rings (SSSR count). The Morgan fingerprint density at radius 1 is 1.03 bits per heavy atom. The maximum atomic E-state index is 13.3. The minimum absolute atomic E-state index is 0.316. The summed E-state index contributed by atoms with van der Waals surface area (Å²) in [7, 11) is 4.56. The van der Waals surface area contributed by atoms with Gasteiger partial charge < -0.3 is 24.1 Å². The Bertz CT molecular complexity index is 1250. The van der Waals surface area contributed by atoms with Crippen molar-refractivity contribution in [3.8, 4) is 27.8 Å². The molecule has 8 nitrogen and oxygen atoms in total. The lowest BCUT2D eigenvalue weighted by Crippen LogP contribution is -2.13. The van der Waals surface area contributed by atoms with E-state index in [-0.39, 0.29) is 5.91 Å². The lowest BCUT2D eigenvalue weighted by atomic mass is 10.1. The van der Waals surface area contributed by atoms with Crippen LogP contribution >= 0.6 is 11.3 Å². The van der Waals surface area contributed by atoms with E-state index in [2.05, 4.69) is 15.5 Å². The van der Waals surface area contributed by atoms with Crippen molar-refractivity contribution in [1.82, 2.24) is 10.1 Å². The van der Waals surface area contributed by atoms with E-state index in [1.165, 1.54) is 21.3 Å². The Morgan fingerprint density at radius 3 is 2.32 bits per heavy atom. The van der Waals surface area contributed by atoms with Crippen LogP contribution in [0.25, 0.3) is 21.7 Å². The molecule has 0 fully saturated rings. The highest BCUT2D eigenvalue weighted by Crippen LogP contribution is 2.40. The Kier molecular flexibility index (Phi) is 5.51. The monoisotopic (exact) mass is 439 g/mol. The van der Waals surface area contributed by atoms with Gasteiger partial charge in [-0.15, -0.1) is 11.3 Å². The summed E-state index contributed by atoms with van der Waals surface area (Å²) < 4.78 is 21.5. The van der Waals surface area contributed by atoms with Crippen molar-refractivity contribution in [3.05, 3.63) is 46.5 Å². The van der Waals surface area contributed by atoms with Crippen molar-refractivity contribution in [2.75, 3.05) is 26.6 Å². The van der Waals surface area contributed by atoms with E-state index >= 15 is 0 Å². The third-order valence-electron chi connectivity index (χ3n) is 4.78. The van der Waals surface area contributed by atoms with Crippen LogP contribution in [0.1, 0.15) is 20.9 Å². The fourth-order valence-electron chi connectivity index (χ4n) is 3.32. The summed E-state index contributed by atoms with van der Waals surface area (Å²) in [4.78, 5) is 19.9. The third kappa shape index (κ3) is 3.79. The molecule has 160 valence electrons. The highest BCUT2D eigenvalue weighted by atomic mass is 32.1. The minimum Gasteiger partial charge on any atom is -0.493 e. The average Bonchev–Trinajstić information content (AvgIpc) is 3.38. The van der Waals surface area contributed by atoms with Crippen LogP contribution in [0.2, 0.25) is 0 Å². The molecule has 0 radical (unpaired) electrons. The average molecular weight is 439 g/mol. The quantitative estimate of drug-likeness (QED) is 0.459. The molecule has 9 heteroatoms. The number of hydrogen-bond donors (Lipinski definition) is 1. The molecule has 0 saturated heterocycles. The first-order valence-electron chi connectivity index (χ1n) is 9.40. The summed E-state index contributed by atoms with van der Waals surface area (Å²) in [5, 5.41) is 7.47. The van der Waals surface area contributed by atoms with Crippen LogP contribution in [0.3, 0.4) is 0 Å². The molecular formula is C22H21N3O5S. The summed E-state index contributed by atoms with van der Waals surface area (Å²) in [6, 6.07) is 9.07. The molecular weight excluding hydrogens is 418 g/mol. The minimum atomic E-state index is -0.331. The molecule has 3 heterocycles. The third-order valence-corrected chi connectivity index (χ3v) is 5.80. The van der Waals surface area contributed by atoms with E-state index < -0.39 is 0 Å². The molecule has 0 aliphatic carbocycles. The number of fused-ring (bicyclic) bond motifs is 1. The number of methoxy groups -OCH3 is 3. The fourth-order valence-corrected chi connectivity index (χ4v) is 4.15. The first kappa shape index (κ1) is 20.7. The molecule has 0 aliphatic heterocycles. The molecule has 1 N–H and O–H groups in total. The highest BCUT2D eigenvalue weighted by Gasteiger charge is 2.21. The molecule has 4 aromatic rings. The van der Waals surface area contributed by atoms with Crippen molar-refractivity contribution in [2.24, 2.45) is 0 Å². The van der Waals surface area contributed by atoms with Gasteiger partial charge in [-0.25, -0.2) is 4.98 Å². The highest BCUT2D eigenvalue weighted by molar-refractivity contribution is 7.15. The Labute approximate surface area is 182 Å². The van der Waals surface area contributed by atoms with E-state index in [0.29, 0.717) is 51.0 Å². The Morgan fingerprint density at radius 2 is 1.74 bits per heavy atom. The van der Waals surface area contributed by atoms with E-state index in [0.717, 1.165) is 9.75 Å². The van der Waals surface area contributed by atoms with Gasteiger partial charge in [-0.3, -0.25) is 4.79 Å². The number of thiophene rings is 1. The van der Waals surface area contributed by atoms with Gasteiger partial charge in [0.05, 0.1) is 48.5 Å². The Balaban J connectivity index is 1.78. The van der Waals surface area contributed by atoms with Gasteiger partial charge in [0.2, 0.25) is 5.75 Å². The van der Waals surface area contributed by atoms with Crippen LogP contribution in [-0.4, -0.2) is 37.4 Å². The van der Waals surface area contributed by atoms with Crippen molar-refractivity contribution in [3.63, 3.8) is 0 Å². The van der Waals surface area contributed by atoms with Crippen LogP contribution < -0.4 is 19.5 Å². The number of pyridine rings is 1. The van der Waals surface area contributed by atoms with Gasteiger partial charge in [-0.1, -0.05) is 5.16 Å². The van der Waals surface area contributed by atoms with Crippen molar-refractivity contribution < 1.29 is 23.5 Å². The number of nitrogens with one attached hydrogen (secondary N) is 1. The SMILES string of the molecule is COc1cc(NC(=O)c2cc(-c3ccc(C)s3)nc3onc(C)c23)cc(OC)c1OC. The lowest BCUT2D eigenvalue weighted by molar-refractivity contribution is 0.102. The van der Waals surface area contributed by atoms with Crippen molar-refractivity contribution in [2.45, 2.75) is 13.8 Å². The predicted octanol–water partition coefficient (Wildman–Crippen LogP) is 4.85. The molecule has 31 heavy (non-hydrogen) atoms. The number of carbonyl (C=O) groups is 1. The largest absolute Gasteiger partial charge is 0.493 e. The van der Waals surface area contributed by atoms with Crippen LogP contribution in [0.5, 0.6) is 17.2 Å². The Hall–Kier alpha value is -3.59. The number of carbonyl (C=O) groups excluding carboxylic acids is 1. The number of rotatable bonds is 6. The number of aromatic nitrogens is 2. The smallest absolute Gasteiger partial charge is 0.259 e. The zero-order valence-corrected chi connectivity index (χ0v) is 18.5. The van der Waals surface area contributed by atoms with Gasteiger partial charge in [-0.2, -0.15) is 0 Å². The molecule has 0 spiro atoms. The predicted molar refractivity (Wildman–Crippen MR) is 119 cm³/mol. The van der Waals surface area contributed by atoms with E-state index in [9.17, 15) is 4.79 Å². The maximum absolute atomic E-state index is 13.3. The summed E-state index contributed by atoms with van der Waals surface area (Å²) in [6.45, 7) is 3.79. The number of anilines is 1. The van der Waals surface area contributed by atoms with Gasteiger partial charge in [-0.05, 0) is 32.0 Å². The van der Waals surface area contributed by atoms with Gasteiger partial charge >= 0.3 is 0 Å². The van der Waals surface area contributed by atoms with Crippen LogP contribution in [0.4, 0.5) is 5.69 Å². The molecule has 0 atom stereocenters. The zero-order chi connectivity index (χ0) is 22.1. The summed E-state index contributed by atoms with van der Waals surface area (Å²) in [6.07, 6.45) is 0.